The van der Waals surface area contributed by atoms with Crippen molar-refractivity contribution in [2.45, 2.75) is 20.4 Å². The van der Waals surface area contributed by atoms with Gasteiger partial charge < -0.3 is 10.3 Å². The zero-order valence-corrected chi connectivity index (χ0v) is 15.2. The Morgan fingerprint density at radius 3 is 2.85 bits per heavy atom. The van der Waals surface area contributed by atoms with Gasteiger partial charge in [-0.2, -0.15) is 5.10 Å². The molecular formula is C18H19N7O2. The van der Waals surface area contributed by atoms with Gasteiger partial charge in [0, 0.05) is 66.3 Å². The van der Waals surface area contributed by atoms with Crippen LogP contribution in [0.4, 0.5) is 0 Å². The summed E-state index contributed by atoms with van der Waals surface area (Å²) >= 11 is 0. The first-order valence-electron chi connectivity index (χ1n) is 8.46. The van der Waals surface area contributed by atoms with Crippen LogP contribution in [0.2, 0.25) is 0 Å². The van der Waals surface area contributed by atoms with Crippen LogP contribution in [0.5, 0.6) is 0 Å². The summed E-state index contributed by atoms with van der Waals surface area (Å²) < 4.78 is 3.32. The molecule has 0 saturated heterocycles. The molecule has 0 unspecified atom stereocenters. The number of fused-ring (bicyclic) bond motifs is 1. The first kappa shape index (κ1) is 16.8. The molecule has 0 atom stereocenters. The first-order chi connectivity index (χ1) is 12.9. The summed E-state index contributed by atoms with van der Waals surface area (Å²) in [7, 11) is 1.83. The normalized spacial score (nSPS) is 11.2. The number of rotatable bonds is 4. The fourth-order valence-corrected chi connectivity index (χ4v) is 3.23. The maximum Gasteiger partial charge on any atom is 0.266 e. The van der Waals surface area contributed by atoms with Crippen LogP contribution in [0.15, 0.2) is 35.6 Å². The van der Waals surface area contributed by atoms with Gasteiger partial charge in [-0.05, 0) is 13.8 Å². The molecule has 1 amide bonds. The van der Waals surface area contributed by atoms with Crippen LogP contribution >= 0.6 is 0 Å². The van der Waals surface area contributed by atoms with E-state index in [1.807, 2.05) is 27.1 Å². The SMILES string of the molecule is Cc1nc2cc(=O)[nH]n2c(C)c1CNC(=O)c1c[nH]cc1-c1cnn(C)c1. The van der Waals surface area contributed by atoms with Crippen molar-refractivity contribution in [1.29, 1.82) is 0 Å². The number of aryl methyl sites for hydroxylation is 3. The largest absolute Gasteiger partial charge is 0.366 e. The van der Waals surface area contributed by atoms with Gasteiger partial charge in [-0.3, -0.25) is 19.4 Å². The molecule has 0 fully saturated rings. The summed E-state index contributed by atoms with van der Waals surface area (Å²) in [5, 5.41) is 9.81. The van der Waals surface area contributed by atoms with Crippen molar-refractivity contribution in [3.05, 3.63) is 63.7 Å². The highest BCUT2D eigenvalue weighted by Gasteiger charge is 2.17. The van der Waals surface area contributed by atoms with Gasteiger partial charge in [0.2, 0.25) is 0 Å². The minimum Gasteiger partial charge on any atom is -0.366 e. The van der Waals surface area contributed by atoms with Crippen molar-refractivity contribution >= 4 is 11.6 Å². The minimum atomic E-state index is -0.209. The summed E-state index contributed by atoms with van der Waals surface area (Å²) in [6, 6.07) is 1.45. The molecule has 4 aromatic heterocycles. The van der Waals surface area contributed by atoms with E-state index in [9.17, 15) is 9.59 Å². The van der Waals surface area contributed by atoms with Crippen LogP contribution in [0, 0.1) is 13.8 Å². The second-order valence-electron chi connectivity index (χ2n) is 6.44. The van der Waals surface area contributed by atoms with E-state index >= 15 is 0 Å². The number of nitrogens with one attached hydrogen (secondary N) is 3. The second-order valence-corrected chi connectivity index (χ2v) is 6.44. The maximum atomic E-state index is 12.7. The number of carbonyl (C=O) groups is 1. The predicted octanol–water partition coefficient (Wildman–Crippen LogP) is 1.30. The van der Waals surface area contributed by atoms with Crippen LogP contribution < -0.4 is 10.9 Å². The fraction of sp³-hybridized carbons (Fsp3) is 0.222. The Kier molecular flexibility index (Phi) is 3.91. The lowest BCUT2D eigenvalue weighted by Crippen LogP contribution is -2.24. The third kappa shape index (κ3) is 2.92. The zero-order valence-electron chi connectivity index (χ0n) is 15.2. The van der Waals surface area contributed by atoms with Crippen molar-refractivity contribution in [1.82, 2.24) is 34.7 Å². The summed E-state index contributed by atoms with van der Waals surface area (Å²) in [4.78, 5) is 31.7. The summed E-state index contributed by atoms with van der Waals surface area (Å²) in [6.45, 7) is 4.05. The van der Waals surface area contributed by atoms with E-state index in [-0.39, 0.29) is 11.5 Å². The van der Waals surface area contributed by atoms with Gasteiger partial charge in [0.05, 0.1) is 11.8 Å². The van der Waals surface area contributed by atoms with E-state index in [4.69, 9.17) is 0 Å². The maximum absolute atomic E-state index is 12.7. The molecule has 4 heterocycles. The summed E-state index contributed by atoms with van der Waals surface area (Å²) in [5.74, 6) is -0.199. The molecule has 0 aliphatic rings. The smallest absolute Gasteiger partial charge is 0.266 e. The van der Waals surface area contributed by atoms with Gasteiger partial charge in [-0.1, -0.05) is 0 Å². The monoisotopic (exact) mass is 365 g/mol. The molecule has 9 nitrogen and oxygen atoms in total. The van der Waals surface area contributed by atoms with E-state index in [2.05, 4.69) is 25.5 Å². The highest BCUT2D eigenvalue weighted by atomic mass is 16.1. The molecule has 9 heteroatoms. The van der Waals surface area contributed by atoms with Crippen LogP contribution in [0.1, 0.15) is 27.3 Å². The number of nitrogens with zero attached hydrogens (tertiary/aromatic N) is 4. The molecule has 27 heavy (non-hydrogen) atoms. The van der Waals surface area contributed by atoms with Crippen molar-refractivity contribution in [2.24, 2.45) is 7.05 Å². The quantitative estimate of drug-likeness (QED) is 0.506. The molecule has 0 aromatic carbocycles. The molecule has 3 N–H and O–H groups in total. The third-order valence-electron chi connectivity index (χ3n) is 4.63. The van der Waals surface area contributed by atoms with Gasteiger partial charge in [-0.25, -0.2) is 9.50 Å². The number of aromatic amines is 2. The van der Waals surface area contributed by atoms with Crippen LogP contribution in [0.25, 0.3) is 16.8 Å². The van der Waals surface area contributed by atoms with E-state index in [0.29, 0.717) is 17.8 Å². The van der Waals surface area contributed by atoms with E-state index in [1.54, 1.807) is 27.8 Å². The Morgan fingerprint density at radius 2 is 2.11 bits per heavy atom. The highest BCUT2D eigenvalue weighted by molar-refractivity contribution is 6.00. The van der Waals surface area contributed by atoms with Gasteiger partial charge >= 0.3 is 0 Å². The number of hydrogen-bond acceptors (Lipinski definition) is 4. The minimum absolute atomic E-state index is 0.199. The van der Waals surface area contributed by atoms with Crippen molar-refractivity contribution in [3.63, 3.8) is 0 Å². The third-order valence-corrected chi connectivity index (χ3v) is 4.63. The molecular weight excluding hydrogens is 346 g/mol. The Morgan fingerprint density at radius 1 is 1.30 bits per heavy atom. The lowest BCUT2D eigenvalue weighted by atomic mass is 10.1. The van der Waals surface area contributed by atoms with Crippen molar-refractivity contribution in [3.8, 4) is 11.1 Å². The second kappa shape index (κ2) is 6.27. The molecule has 0 spiro atoms. The average molecular weight is 365 g/mol. The molecule has 138 valence electrons. The number of hydrogen-bond donors (Lipinski definition) is 3. The van der Waals surface area contributed by atoms with Gasteiger partial charge in [0.25, 0.3) is 11.5 Å². The van der Waals surface area contributed by atoms with Crippen molar-refractivity contribution < 1.29 is 4.79 Å². The Balaban J connectivity index is 1.60. The molecule has 0 radical (unpaired) electrons. The molecule has 0 bridgehead atoms. The topological polar surface area (TPSA) is 113 Å². The first-order valence-corrected chi connectivity index (χ1v) is 8.46. The fourth-order valence-electron chi connectivity index (χ4n) is 3.23. The van der Waals surface area contributed by atoms with Gasteiger partial charge in [0.15, 0.2) is 5.65 Å². The molecule has 4 rings (SSSR count). The van der Waals surface area contributed by atoms with E-state index < -0.39 is 0 Å². The molecule has 0 aliphatic heterocycles. The highest BCUT2D eigenvalue weighted by Crippen LogP contribution is 2.23. The van der Waals surface area contributed by atoms with Crippen molar-refractivity contribution in [2.75, 3.05) is 0 Å². The van der Waals surface area contributed by atoms with E-state index in [1.165, 1.54) is 6.07 Å². The number of amides is 1. The standard InChI is InChI=1S/C18H19N7O2/c1-10-13(11(2)25-16(22-10)4-17(26)23-25)8-20-18(27)15-7-19-6-14(15)12-5-21-24(3)9-12/h4-7,9,19H,8H2,1-3H3,(H,20,27)(H,23,26). The van der Waals surface area contributed by atoms with Gasteiger partial charge in [-0.15, -0.1) is 0 Å². The summed E-state index contributed by atoms with van der Waals surface area (Å²) in [6.07, 6.45) is 7.02. The number of carbonyl (C=O) groups excluding carboxylic acids is 1. The number of H-pyrrole nitrogens is 2. The van der Waals surface area contributed by atoms with Gasteiger partial charge in [0.1, 0.15) is 0 Å². The Hall–Kier alpha value is -3.62. The summed E-state index contributed by atoms with van der Waals surface area (Å²) in [5.41, 5.74) is 5.02. The lowest BCUT2D eigenvalue weighted by Gasteiger charge is -2.12. The molecule has 4 aromatic rings. The zero-order chi connectivity index (χ0) is 19.1. The van der Waals surface area contributed by atoms with E-state index in [0.717, 1.165) is 28.1 Å². The molecule has 0 saturated carbocycles. The molecule has 0 aliphatic carbocycles. The Labute approximate surface area is 154 Å². The predicted molar refractivity (Wildman–Crippen MR) is 99.5 cm³/mol. The Bertz CT molecular complexity index is 1210. The lowest BCUT2D eigenvalue weighted by molar-refractivity contribution is 0.0951. The van der Waals surface area contributed by atoms with Crippen LogP contribution in [-0.2, 0) is 13.6 Å². The van der Waals surface area contributed by atoms with Crippen LogP contribution in [0.3, 0.4) is 0 Å². The number of aromatic nitrogens is 6. The van der Waals surface area contributed by atoms with Crippen LogP contribution in [-0.4, -0.2) is 35.3 Å². The average Bonchev–Trinajstić information content (AvgIpc) is 3.33.